The quantitative estimate of drug-likeness (QED) is 0.660. The van der Waals surface area contributed by atoms with Gasteiger partial charge in [-0.3, -0.25) is 0 Å². The van der Waals surface area contributed by atoms with Gasteiger partial charge in [0.05, 0.1) is 0 Å². The number of nitrogens with one attached hydrogen (secondary N) is 1. The van der Waals surface area contributed by atoms with Gasteiger partial charge < -0.3 is 10.1 Å². The number of alkyl carbamates (subject to hydrolysis) is 1. The molecule has 1 heterocycles. The minimum absolute atomic E-state index is 0.142. The average molecular weight is 157 g/mol. The standard InChI is InChI=1S/C8H15NO2/c1-6(2)5-7-3-4-9-8(10)11-7/h6-7H,3-5H2,1-2H3,(H,9,10). The molecule has 1 aliphatic rings. The Balaban J connectivity index is 2.28. The molecule has 1 N–H and O–H groups in total. The highest BCUT2D eigenvalue weighted by Crippen LogP contribution is 2.13. The number of cyclic esters (lactones) is 1. The van der Waals surface area contributed by atoms with Crippen molar-refractivity contribution < 1.29 is 9.53 Å². The smallest absolute Gasteiger partial charge is 0.407 e. The number of hydrogen-bond donors (Lipinski definition) is 1. The molecular formula is C8H15NO2. The van der Waals surface area contributed by atoms with Crippen LogP contribution in [-0.2, 0) is 4.74 Å². The van der Waals surface area contributed by atoms with E-state index in [-0.39, 0.29) is 12.2 Å². The molecule has 3 heteroatoms. The van der Waals surface area contributed by atoms with Gasteiger partial charge in [0.1, 0.15) is 6.10 Å². The van der Waals surface area contributed by atoms with Gasteiger partial charge in [-0.2, -0.15) is 0 Å². The normalized spacial score (nSPS) is 24.6. The fourth-order valence-electron chi connectivity index (χ4n) is 1.28. The first-order valence-corrected chi connectivity index (χ1v) is 4.13. The van der Waals surface area contributed by atoms with Gasteiger partial charge in [-0.15, -0.1) is 0 Å². The van der Waals surface area contributed by atoms with Gasteiger partial charge in [0.25, 0.3) is 0 Å². The highest BCUT2D eigenvalue weighted by Gasteiger charge is 2.19. The third kappa shape index (κ3) is 2.78. The van der Waals surface area contributed by atoms with Crippen molar-refractivity contribution in [2.75, 3.05) is 6.54 Å². The van der Waals surface area contributed by atoms with Crippen molar-refractivity contribution in [2.45, 2.75) is 32.8 Å². The van der Waals surface area contributed by atoms with E-state index in [1.807, 2.05) is 0 Å². The Bertz CT molecular complexity index is 145. The number of rotatable bonds is 2. The van der Waals surface area contributed by atoms with E-state index in [4.69, 9.17) is 4.74 Å². The molecule has 1 atom stereocenters. The summed E-state index contributed by atoms with van der Waals surface area (Å²) in [4.78, 5) is 10.7. The molecule has 0 bridgehead atoms. The second-order valence-corrected chi connectivity index (χ2v) is 3.37. The van der Waals surface area contributed by atoms with Crippen molar-refractivity contribution in [2.24, 2.45) is 5.92 Å². The molecule has 1 aliphatic heterocycles. The first kappa shape index (κ1) is 8.37. The monoisotopic (exact) mass is 157 g/mol. The Labute approximate surface area is 67.1 Å². The van der Waals surface area contributed by atoms with E-state index in [1.165, 1.54) is 0 Å². The summed E-state index contributed by atoms with van der Waals surface area (Å²) in [5, 5.41) is 2.62. The molecule has 1 unspecified atom stereocenters. The molecule has 0 radical (unpaired) electrons. The van der Waals surface area contributed by atoms with E-state index in [9.17, 15) is 4.79 Å². The predicted octanol–water partition coefficient (Wildman–Crippen LogP) is 1.53. The maximum absolute atomic E-state index is 10.7. The van der Waals surface area contributed by atoms with Crippen LogP contribution in [0.2, 0.25) is 0 Å². The summed E-state index contributed by atoms with van der Waals surface area (Å²) in [5.74, 6) is 0.603. The average Bonchev–Trinajstić information content (AvgIpc) is 1.85. The Morgan fingerprint density at radius 2 is 2.45 bits per heavy atom. The number of carbonyl (C=O) groups is 1. The van der Waals surface area contributed by atoms with Crippen LogP contribution in [0, 0.1) is 5.92 Å². The zero-order chi connectivity index (χ0) is 8.27. The first-order valence-electron chi connectivity index (χ1n) is 4.13. The molecule has 1 rings (SSSR count). The lowest BCUT2D eigenvalue weighted by molar-refractivity contribution is 0.0624. The second kappa shape index (κ2) is 3.60. The molecule has 0 aromatic carbocycles. The Morgan fingerprint density at radius 3 is 3.00 bits per heavy atom. The van der Waals surface area contributed by atoms with Crippen LogP contribution in [0.15, 0.2) is 0 Å². The lowest BCUT2D eigenvalue weighted by Crippen LogP contribution is -2.38. The van der Waals surface area contributed by atoms with Crippen LogP contribution in [0.3, 0.4) is 0 Å². The van der Waals surface area contributed by atoms with E-state index in [0.717, 1.165) is 19.4 Å². The number of amides is 1. The largest absolute Gasteiger partial charge is 0.446 e. The number of ether oxygens (including phenoxy) is 1. The van der Waals surface area contributed by atoms with E-state index < -0.39 is 0 Å². The third-order valence-electron chi connectivity index (χ3n) is 1.74. The lowest BCUT2D eigenvalue weighted by atomic mass is 10.0. The van der Waals surface area contributed by atoms with Crippen molar-refractivity contribution in [3.63, 3.8) is 0 Å². The maximum atomic E-state index is 10.7. The van der Waals surface area contributed by atoms with Gasteiger partial charge in [-0.05, 0) is 12.3 Å². The molecule has 0 aromatic heterocycles. The van der Waals surface area contributed by atoms with Crippen molar-refractivity contribution in [1.29, 1.82) is 0 Å². The molecule has 1 saturated heterocycles. The zero-order valence-electron chi connectivity index (χ0n) is 7.09. The van der Waals surface area contributed by atoms with Crippen LogP contribution in [0.25, 0.3) is 0 Å². The molecule has 1 fully saturated rings. The van der Waals surface area contributed by atoms with Crippen molar-refractivity contribution in [1.82, 2.24) is 5.32 Å². The van der Waals surface area contributed by atoms with Crippen molar-refractivity contribution >= 4 is 6.09 Å². The molecule has 0 spiro atoms. The number of hydrogen-bond acceptors (Lipinski definition) is 2. The second-order valence-electron chi connectivity index (χ2n) is 3.37. The summed E-state index contributed by atoms with van der Waals surface area (Å²) in [6.45, 7) is 5.03. The van der Waals surface area contributed by atoms with Crippen molar-refractivity contribution in [3.05, 3.63) is 0 Å². The van der Waals surface area contributed by atoms with Crippen LogP contribution < -0.4 is 5.32 Å². The van der Waals surface area contributed by atoms with Crippen LogP contribution >= 0.6 is 0 Å². The summed E-state index contributed by atoms with van der Waals surface area (Å²) in [6.07, 6.45) is 1.81. The van der Waals surface area contributed by atoms with E-state index >= 15 is 0 Å². The molecule has 0 aliphatic carbocycles. The summed E-state index contributed by atoms with van der Waals surface area (Å²) in [6, 6.07) is 0. The van der Waals surface area contributed by atoms with Crippen LogP contribution in [-0.4, -0.2) is 18.7 Å². The predicted molar refractivity (Wildman–Crippen MR) is 42.3 cm³/mol. The Kier molecular flexibility index (Phi) is 2.74. The highest BCUT2D eigenvalue weighted by molar-refractivity contribution is 5.67. The molecule has 64 valence electrons. The summed E-state index contributed by atoms with van der Waals surface area (Å²) < 4.78 is 5.05. The minimum Gasteiger partial charge on any atom is -0.446 e. The minimum atomic E-state index is -0.262. The molecule has 11 heavy (non-hydrogen) atoms. The van der Waals surface area contributed by atoms with Gasteiger partial charge in [-0.1, -0.05) is 13.8 Å². The molecule has 0 saturated carbocycles. The van der Waals surface area contributed by atoms with Gasteiger partial charge in [0.2, 0.25) is 0 Å². The fourth-order valence-corrected chi connectivity index (χ4v) is 1.28. The molecule has 1 amide bonds. The SMILES string of the molecule is CC(C)CC1CCNC(=O)O1. The van der Waals surface area contributed by atoms with E-state index in [1.54, 1.807) is 0 Å². The van der Waals surface area contributed by atoms with E-state index in [0.29, 0.717) is 5.92 Å². The Morgan fingerprint density at radius 1 is 1.73 bits per heavy atom. The first-order chi connectivity index (χ1) is 5.18. The van der Waals surface area contributed by atoms with Gasteiger partial charge in [0, 0.05) is 13.0 Å². The van der Waals surface area contributed by atoms with E-state index in [2.05, 4.69) is 19.2 Å². The summed E-state index contributed by atoms with van der Waals surface area (Å²) >= 11 is 0. The van der Waals surface area contributed by atoms with Crippen molar-refractivity contribution in [3.8, 4) is 0 Å². The van der Waals surface area contributed by atoms with Crippen LogP contribution in [0.4, 0.5) is 4.79 Å². The lowest BCUT2D eigenvalue weighted by Gasteiger charge is -2.24. The third-order valence-corrected chi connectivity index (χ3v) is 1.74. The highest BCUT2D eigenvalue weighted by atomic mass is 16.6. The fraction of sp³-hybridized carbons (Fsp3) is 0.875. The number of carbonyl (C=O) groups excluding carboxylic acids is 1. The van der Waals surface area contributed by atoms with Crippen LogP contribution in [0.1, 0.15) is 26.7 Å². The zero-order valence-corrected chi connectivity index (χ0v) is 7.09. The van der Waals surface area contributed by atoms with Gasteiger partial charge in [0.15, 0.2) is 0 Å². The van der Waals surface area contributed by atoms with Gasteiger partial charge in [-0.25, -0.2) is 4.79 Å². The molecule has 0 aromatic rings. The summed E-state index contributed by atoms with van der Waals surface area (Å²) in [7, 11) is 0. The summed E-state index contributed by atoms with van der Waals surface area (Å²) in [5.41, 5.74) is 0. The topological polar surface area (TPSA) is 38.3 Å². The molecular weight excluding hydrogens is 142 g/mol. The Hall–Kier alpha value is -0.730. The van der Waals surface area contributed by atoms with Gasteiger partial charge >= 0.3 is 6.09 Å². The molecule has 3 nitrogen and oxygen atoms in total. The van der Waals surface area contributed by atoms with Crippen LogP contribution in [0.5, 0.6) is 0 Å². The maximum Gasteiger partial charge on any atom is 0.407 e.